The van der Waals surface area contributed by atoms with Crippen LogP contribution in [0.2, 0.25) is 5.15 Å². The number of aromatic nitrogens is 4. The van der Waals surface area contributed by atoms with Crippen molar-refractivity contribution < 1.29 is 0 Å². The number of hydrogen-bond donors (Lipinski definition) is 0. The molecule has 0 radical (unpaired) electrons. The zero-order valence-corrected chi connectivity index (χ0v) is 10.6. The Hall–Kier alpha value is -2.27. The highest BCUT2D eigenvalue weighted by Gasteiger charge is 2.05. The quantitative estimate of drug-likeness (QED) is 0.715. The molecule has 0 fully saturated rings. The molecule has 0 saturated heterocycles. The van der Waals surface area contributed by atoms with Crippen LogP contribution < -0.4 is 5.56 Å². The van der Waals surface area contributed by atoms with E-state index >= 15 is 0 Å². The molecule has 2 heterocycles. The lowest BCUT2D eigenvalue weighted by atomic mass is 10.2. The van der Waals surface area contributed by atoms with Crippen LogP contribution >= 0.6 is 11.6 Å². The number of benzene rings is 1. The molecule has 0 aliphatic rings. The molecule has 3 rings (SSSR count). The minimum atomic E-state index is -0.144. The van der Waals surface area contributed by atoms with Crippen molar-refractivity contribution in [2.24, 2.45) is 0 Å². The fourth-order valence-electron chi connectivity index (χ4n) is 1.82. The van der Waals surface area contributed by atoms with E-state index in [0.717, 1.165) is 5.39 Å². The highest BCUT2D eigenvalue weighted by Crippen LogP contribution is 2.07. The van der Waals surface area contributed by atoms with Crippen molar-refractivity contribution in [3.8, 4) is 0 Å². The lowest BCUT2D eigenvalue weighted by molar-refractivity contribution is 0.628. The molecule has 0 saturated carbocycles. The Morgan fingerprint density at radius 1 is 1.11 bits per heavy atom. The van der Waals surface area contributed by atoms with Gasteiger partial charge in [0.25, 0.3) is 5.56 Å². The molecular formula is C13H9ClN4O. The molecule has 1 aromatic carbocycles. The number of hydrogen-bond acceptors (Lipinski definition) is 4. The fourth-order valence-corrected chi connectivity index (χ4v) is 1.92. The average Bonchev–Trinajstić information content (AvgIpc) is 2.45. The monoisotopic (exact) mass is 272 g/mol. The van der Waals surface area contributed by atoms with E-state index in [4.69, 9.17) is 11.6 Å². The number of halogens is 1. The summed E-state index contributed by atoms with van der Waals surface area (Å²) in [7, 11) is 0. The smallest absolute Gasteiger partial charge is 0.267 e. The van der Waals surface area contributed by atoms with E-state index in [1.807, 2.05) is 18.2 Å². The number of rotatable bonds is 2. The molecule has 0 spiro atoms. The molecule has 3 aromatic rings. The minimum Gasteiger partial charge on any atom is -0.267 e. The van der Waals surface area contributed by atoms with Gasteiger partial charge in [0.2, 0.25) is 0 Å². The summed E-state index contributed by atoms with van der Waals surface area (Å²) in [5.74, 6) is 0. The van der Waals surface area contributed by atoms with Gasteiger partial charge in [0.15, 0.2) is 5.15 Å². The Morgan fingerprint density at radius 2 is 1.95 bits per heavy atom. The summed E-state index contributed by atoms with van der Waals surface area (Å²) in [6.07, 6.45) is 1.67. The maximum Gasteiger partial charge on any atom is 0.274 e. The zero-order valence-electron chi connectivity index (χ0n) is 9.82. The van der Waals surface area contributed by atoms with E-state index in [1.165, 1.54) is 4.68 Å². The first-order valence-corrected chi connectivity index (χ1v) is 6.05. The normalized spacial score (nSPS) is 10.8. The van der Waals surface area contributed by atoms with Crippen LogP contribution in [0.15, 0.2) is 47.4 Å². The first-order chi connectivity index (χ1) is 9.24. The third-order valence-corrected chi connectivity index (χ3v) is 2.96. The molecule has 5 nitrogen and oxygen atoms in total. The number of nitrogens with zero attached hydrogens (tertiary/aromatic N) is 4. The van der Waals surface area contributed by atoms with Gasteiger partial charge in [-0.05, 0) is 18.2 Å². The Kier molecular flexibility index (Phi) is 2.97. The van der Waals surface area contributed by atoms with Gasteiger partial charge in [-0.1, -0.05) is 29.8 Å². The van der Waals surface area contributed by atoms with Gasteiger partial charge in [-0.3, -0.25) is 4.79 Å². The van der Waals surface area contributed by atoms with Crippen molar-refractivity contribution in [2.45, 2.75) is 6.54 Å². The molecule has 19 heavy (non-hydrogen) atoms. The molecule has 0 aliphatic carbocycles. The molecule has 0 aliphatic heterocycles. The maximum absolute atomic E-state index is 12.2. The fraction of sp³-hybridized carbons (Fsp3) is 0.0769. The summed E-state index contributed by atoms with van der Waals surface area (Å²) in [5, 5.41) is 13.6. The Bertz CT molecular complexity index is 783. The van der Waals surface area contributed by atoms with Gasteiger partial charge >= 0.3 is 0 Å². The van der Waals surface area contributed by atoms with Gasteiger partial charge in [-0.2, -0.15) is 10.2 Å². The van der Waals surface area contributed by atoms with Gasteiger partial charge in [0.1, 0.15) is 0 Å². The van der Waals surface area contributed by atoms with Gasteiger partial charge in [-0.25, -0.2) is 4.68 Å². The highest BCUT2D eigenvalue weighted by atomic mass is 35.5. The molecule has 94 valence electrons. The van der Waals surface area contributed by atoms with E-state index in [9.17, 15) is 4.79 Å². The van der Waals surface area contributed by atoms with Crippen molar-refractivity contribution in [3.63, 3.8) is 0 Å². The second-order valence-corrected chi connectivity index (χ2v) is 4.43. The largest absolute Gasteiger partial charge is 0.274 e. The summed E-state index contributed by atoms with van der Waals surface area (Å²) in [5.41, 5.74) is 0.490. The summed E-state index contributed by atoms with van der Waals surface area (Å²) >= 11 is 5.67. The van der Waals surface area contributed by atoms with E-state index in [0.29, 0.717) is 16.2 Å². The van der Waals surface area contributed by atoms with Crippen LogP contribution in [0.1, 0.15) is 5.69 Å². The minimum absolute atomic E-state index is 0.144. The van der Waals surface area contributed by atoms with Gasteiger partial charge in [0.05, 0.1) is 23.8 Å². The van der Waals surface area contributed by atoms with Crippen molar-refractivity contribution in [2.75, 3.05) is 0 Å². The number of fused-ring (bicyclic) bond motifs is 1. The molecule has 0 amide bonds. The molecule has 2 aromatic heterocycles. The van der Waals surface area contributed by atoms with E-state index in [2.05, 4.69) is 15.3 Å². The Balaban J connectivity index is 2.04. The van der Waals surface area contributed by atoms with Crippen LogP contribution in [0.3, 0.4) is 0 Å². The lowest BCUT2D eigenvalue weighted by Crippen LogP contribution is -2.23. The summed E-state index contributed by atoms with van der Waals surface area (Å²) in [6, 6.07) is 10.7. The first kappa shape index (κ1) is 11.8. The van der Waals surface area contributed by atoms with Crippen molar-refractivity contribution in [1.82, 2.24) is 20.0 Å². The van der Waals surface area contributed by atoms with Crippen LogP contribution in [0.5, 0.6) is 0 Å². The average molecular weight is 273 g/mol. The van der Waals surface area contributed by atoms with Gasteiger partial charge < -0.3 is 0 Å². The van der Waals surface area contributed by atoms with Crippen LogP contribution in [-0.4, -0.2) is 20.0 Å². The predicted octanol–water partition coefficient (Wildman–Crippen LogP) is 1.89. The Morgan fingerprint density at radius 3 is 2.74 bits per heavy atom. The van der Waals surface area contributed by atoms with Gasteiger partial charge in [0, 0.05) is 5.39 Å². The second kappa shape index (κ2) is 4.78. The SMILES string of the molecule is O=c1c2ccccc2cnn1Cc1ccc(Cl)nn1. The van der Waals surface area contributed by atoms with Crippen LogP contribution in [0.25, 0.3) is 10.8 Å². The second-order valence-electron chi connectivity index (χ2n) is 4.04. The third kappa shape index (κ3) is 2.32. The van der Waals surface area contributed by atoms with E-state index in [1.54, 1.807) is 24.4 Å². The predicted molar refractivity (Wildman–Crippen MR) is 72.1 cm³/mol. The van der Waals surface area contributed by atoms with Crippen molar-refractivity contribution >= 4 is 22.4 Å². The standard InChI is InChI=1S/C13H9ClN4O/c14-12-6-5-10(16-17-12)8-18-13(19)11-4-2-1-3-9(11)7-15-18/h1-7H,8H2. The molecule has 0 atom stereocenters. The van der Waals surface area contributed by atoms with E-state index in [-0.39, 0.29) is 12.1 Å². The maximum atomic E-state index is 12.2. The summed E-state index contributed by atoms with van der Waals surface area (Å²) in [4.78, 5) is 12.2. The molecular weight excluding hydrogens is 264 g/mol. The summed E-state index contributed by atoms with van der Waals surface area (Å²) in [6.45, 7) is 0.272. The zero-order chi connectivity index (χ0) is 13.2. The lowest BCUT2D eigenvalue weighted by Gasteiger charge is -2.04. The van der Waals surface area contributed by atoms with Crippen molar-refractivity contribution in [1.29, 1.82) is 0 Å². The van der Waals surface area contributed by atoms with E-state index < -0.39 is 0 Å². The van der Waals surface area contributed by atoms with Gasteiger partial charge in [-0.15, -0.1) is 5.10 Å². The molecule has 0 N–H and O–H groups in total. The van der Waals surface area contributed by atoms with Crippen LogP contribution in [-0.2, 0) is 6.54 Å². The third-order valence-electron chi connectivity index (χ3n) is 2.76. The topological polar surface area (TPSA) is 60.7 Å². The Labute approximate surface area is 113 Å². The molecule has 6 heteroatoms. The van der Waals surface area contributed by atoms with Crippen molar-refractivity contribution in [3.05, 3.63) is 63.8 Å². The highest BCUT2D eigenvalue weighted by molar-refractivity contribution is 6.29. The van der Waals surface area contributed by atoms with Crippen LogP contribution in [0.4, 0.5) is 0 Å². The molecule has 0 unspecified atom stereocenters. The summed E-state index contributed by atoms with van der Waals surface area (Å²) < 4.78 is 1.36. The van der Waals surface area contributed by atoms with Crippen LogP contribution in [0, 0.1) is 0 Å². The first-order valence-electron chi connectivity index (χ1n) is 5.67. The molecule has 0 bridgehead atoms.